The van der Waals surface area contributed by atoms with Crippen LogP contribution in [0.5, 0.6) is 0 Å². The lowest BCUT2D eigenvalue weighted by Gasteiger charge is -2.35. The Morgan fingerprint density at radius 1 is 1.37 bits per heavy atom. The number of carbonyl (C=O) groups excluding carboxylic acids is 1. The van der Waals surface area contributed by atoms with E-state index in [0.717, 1.165) is 13.0 Å². The molecule has 1 aliphatic heterocycles. The van der Waals surface area contributed by atoms with Gasteiger partial charge in [-0.3, -0.25) is 4.79 Å². The smallest absolute Gasteiger partial charge is 0.308 e. The van der Waals surface area contributed by atoms with Gasteiger partial charge in [-0.15, -0.1) is 0 Å². The molecule has 5 heteroatoms. The largest absolute Gasteiger partial charge is 0.466 e. The quantitative estimate of drug-likeness (QED) is 0.764. The van der Waals surface area contributed by atoms with E-state index in [2.05, 4.69) is 0 Å². The Labute approximate surface area is 114 Å². The Morgan fingerprint density at radius 2 is 2.11 bits per heavy atom. The summed E-state index contributed by atoms with van der Waals surface area (Å²) < 4.78 is 16.0. The fraction of sp³-hybridized carbons (Fsp3) is 0.929. The second kappa shape index (κ2) is 6.68. The van der Waals surface area contributed by atoms with Gasteiger partial charge in [-0.1, -0.05) is 0 Å². The Kier molecular flexibility index (Phi) is 5.19. The zero-order chi connectivity index (χ0) is 13.7. The number of rotatable bonds is 5. The van der Waals surface area contributed by atoms with Crippen LogP contribution in [0.15, 0.2) is 0 Å². The van der Waals surface area contributed by atoms with Crippen LogP contribution < -0.4 is 0 Å². The highest BCUT2D eigenvalue weighted by atomic mass is 16.6. The first-order valence-electron chi connectivity index (χ1n) is 7.21. The van der Waals surface area contributed by atoms with Crippen LogP contribution in [0.4, 0.5) is 0 Å². The van der Waals surface area contributed by atoms with E-state index < -0.39 is 5.60 Å². The van der Waals surface area contributed by atoms with Crippen LogP contribution >= 0.6 is 0 Å². The average molecular weight is 272 g/mol. The molecule has 0 amide bonds. The van der Waals surface area contributed by atoms with E-state index in [1.807, 2.05) is 6.92 Å². The zero-order valence-corrected chi connectivity index (χ0v) is 11.6. The molecule has 1 N–H and O–H groups in total. The summed E-state index contributed by atoms with van der Waals surface area (Å²) in [7, 11) is 0. The van der Waals surface area contributed by atoms with Crippen LogP contribution in [-0.2, 0) is 19.0 Å². The molecule has 0 radical (unpaired) electrons. The number of aliphatic hydroxyl groups is 1. The van der Waals surface area contributed by atoms with Crippen molar-refractivity contribution in [3.8, 4) is 0 Å². The zero-order valence-electron chi connectivity index (χ0n) is 11.6. The van der Waals surface area contributed by atoms with Gasteiger partial charge in [-0.25, -0.2) is 0 Å². The average Bonchev–Trinajstić information content (AvgIpc) is 2.91. The minimum Gasteiger partial charge on any atom is -0.466 e. The van der Waals surface area contributed by atoms with Crippen LogP contribution in [0.2, 0.25) is 0 Å². The fourth-order valence-electron chi connectivity index (χ4n) is 2.71. The first-order valence-corrected chi connectivity index (χ1v) is 7.21. The highest BCUT2D eigenvalue weighted by Gasteiger charge is 2.37. The molecule has 2 fully saturated rings. The Morgan fingerprint density at radius 3 is 2.68 bits per heavy atom. The SMILES string of the molecule is CCOC(=O)C1CCC(O)(COC2CCOC2)CC1. The van der Waals surface area contributed by atoms with Crippen molar-refractivity contribution in [1.29, 1.82) is 0 Å². The molecule has 1 saturated carbocycles. The molecule has 0 aromatic carbocycles. The lowest BCUT2D eigenvalue weighted by molar-refractivity contribution is -0.153. The standard InChI is InChI=1S/C14H24O5/c1-2-18-13(15)11-3-6-14(16,7-4-11)10-19-12-5-8-17-9-12/h11-12,16H,2-10H2,1H3. The maximum absolute atomic E-state index is 11.6. The third-order valence-corrected chi connectivity index (χ3v) is 4.01. The van der Waals surface area contributed by atoms with Gasteiger partial charge in [-0.2, -0.15) is 0 Å². The van der Waals surface area contributed by atoms with E-state index in [-0.39, 0.29) is 18.0 Å². The van der Waals surface area contributed by atoms with Crippen LogP contribution in [0.3, 0.4) is 0 Å². The first kappa shape index (κ1) is 14.8. The Balaban J connectivity index is 1.72. The second-order valence-electron chi connectivity index (χ2n) is 5.55. The molecule has 110 valence electrons. The number of esters is 1. The third-order valence-electron chi connectivity index (χ3n) is 4.01. The summed E-state index contributed by atoms with van der Waals surface area (Å²) in [4.78, 5) is 11.6. The molecule has 5 nitrogen and oxygen atoms in total. The van der Waals surface area contributed by atoms with E-state index in [1.54, 1.807) is 0 Å². The molecule has 1 unspecified atom stereocenters. The monoisotopic (exact) mass is 272 g/mol. The predicted molar refractivity (Wildman–Crippen MR) is 68.7 cm³/mol. The third kappa shape index (κ3) is 4.16. The lowest BCUT2D eigenvalue weighted by Crippen LogP contribution is -2.41. The molecule has 0 aromatic heterocycles. The second-order valence-corrected chi connectivity index (χ2v) is 5.55. The van der Waals surface area contributed by atoms with Crippen LogP contribution in [0.25, 0.3) is 0 Å². The molecule has 0 aromatic rings. The van der Waals surface area contributed by atoms with Crippen molar-refractivity contribution in [2.24, 2.45) is 5.92 Å². The van der Waals surface area contributed by atoms with Crippen molar-refractivity contribution < 1.29 is 24.1 Å². The van der Waals surface area contributed by atoms with E-state index in [4.69, 9.17) is 14.2 Å². The molecule has 1 saturated heterocycles. The molecule has 0 bridgehead atoms. The van der Waals surface area contributed by atoms with E-state index >= 15 is 0 Å². The molecule has 2 aliphatic rings. The van der Waals surface area contributed by atoms with Gasteiger partial charge in [0, 0.05) is 6.61 Å². The maximum atomic E-state index is 11.6. The molecule has 19 heavy (non-hydrogen) atoms. The van der Waals surface area contributed by atoms with Gasteiger partial charge in [0.25, 0.3) is 0 Å². The summed E-state index contributed by atoms with van der Waals surface area (Å²) in [6.07, 6.45) is 3.59. The van der Waals surface area contributed by atoms with Gasteiger partial charge in [0.15, 0.2) is 0 Å². The lowest BCUT2D eigenvalue weighted by atomic mass is 9.79. The summed E-state index contributed by atoms with van der Waals surface area (Å²) >= 11 is 0. The van der Waals surface area contributed by atoms with Crippen molar-refractivity contribution in [2.75, 3.05) is 26.4 Å². The van der Waals surface area contributed by atoms with Crippen LogP contribution in [0.1, 0.15) is 39.0 Å². The van der Waals surface area contributed by atoms with Crippen molar-refractivity contribution in [1.82, 2.24) is 0 Å². The van der Waals surface area contributed by atoms with E-state index in [9.17, 15) is 9.90 Å². The highest BCUT2D eigenvalue weighted by molar-refractivity contribution is 5.72. The van der Waals surface area contributed by atoms with Gasteiger partial charge >= 0.3 is 5.97 Å². The van der Waals surface area contributed by atoms with Gasteiger partial charge in [0.05, 0.1) is 37.4 Å². The summed E-state index contributed by atoms with van der Waals surface area (Å²) in [5.74, 6) is -0.190. The maximum Gasteiger partial charge on any atom is 0.308 e. The van der Waals surface area contributed by atoms with Gasteiger partial charge in [0.1, 0.15) is 0 Å². The van der Waals surface area contributed by atoms with Crippen LogP contribution in [-0.4, -0.2) is 49.2 Å². The van der Waals surface area contributed by atoms with E-state index in [1.165, 1.54) is 0 Å². The topological polar surface area (TPSA) is 65.0 Å². The van der Waals surface area contributed by atoms with Crippen molar-refractivity contribution >= 4 is 5.97 Å². The summed E-state index contributed by atoms with van der Waals surface area (Å²) in [6, 6.07) is 0. The highest BCUT2D eigenvalue weighted by Crippen LogP contribution is 2.33. The van der Waals surface area contributed by atoms with Crippen molar-refractivity contribution in [2.45, 2.75) is 50.7 Å². The van der Waals surface area contributed by atoms with Crippen molar-refractivity contribution in [3.63, 3.8) is 0 Å². The molecule has 2 rings (SSSR count). The normalized spacial score (nSPS) is 35.3. The minimum atomic E-state index is -0.786. The molecule has 0 spiro atoms. The molecular weight excluding hydrogens is 248 g/mol. The fourth-order valence-corrected chi connectivity index (χ4v) is 2.71. The van der Waals surface area contributed by atoms with E-state index in [0.29, 0.717) is 45.5 Å². The molecule has 1 atom stereocenters. The van der Waals surface area contributed by atoms with Gasteiger partial charge in [-0.05, 0) is 39.0 Å². The van der Waals surface area contributed by atoms with Crippen LogP contribution in [0, 0.1) is 5.92 Å². The number of hydrogen-bond acceptors (Lipinski definition) is 5. The summed E-state index contributed by atoms with van der Waals surface area (Å²) in [5, 5.41) is 10.4. The van der Waals surface area contributed by atoms with Gasteiger partial charge in [0.2, 0.25) is 0 Å². The molecule has 1 aliphatic carbocycles. The molecular formula is C14H24O5. The molecule has 1 heterocycles. The van der Waals surface area contributed by atoms with Gasteiger partial charge < -0.3 is 19.3 Å². The number of ether oxygens (including phenoxy) is 3. The Bertz CT molecular complexity index is 290. The number of hydrogen-bond donors (Lipinski definition) is 1. The predicted octanol–water partition coefficient (Wildman–Crippen LogP) is 1.28. The number of carbonyl (C=O) groups is 1. The van der Waals surface area contributed by atoms with Crippen molar-refractivity contribution in [3.05, 3.63) is 0 Å². The minimum absolute atomic E-state index is 0.0601. The first-order chi connectivity index (χ1) is 9.13. The Hall–Kier alpha value is -0.650. The summed E-state index contributed by atoms with van der Waals surface area (Å²) in [5.41, 5.74) is -0.786. The summed E-state index contributed by atoms with van der Waals surface area (Å²) in [6.45, 7) is 3.95.